The fourth-order valence-corrected chi connectivity index (χ4v) is 1.05. The molecule has 0 spiro atoms. The third-order valence-electron chi connectivity index (χ3n) is 1.72. The number of ketones is 1. The van der Waals surface area contributed by atoms with E-state index < -0.39 is 11.6 Å². The van der Waals surface area contributed by atoms with Gasteiger partial charge in [-0.2, -0.15) is 0 Å². The van der Waals surface area contributed by atoms with Gasteiger partial charge in [0.05, 0.1) is 0 Å². The lowest BCUT2D eigenvalue weighted by Crippen LogP contribution is -2.35. The molecule has 0 saturated carbocycles. The molecule has 0 aliphatic heterocycles. The molecule has 3 nitrogen and oxygen atoms in total. The van der Waals surface area contributed by atoms with Crippen molar-refractivity contribution in [1.29, 1.82) is 0 Å². The average Bonchev–Trinajstić information content (AvgIpc) is 2.28. The Morgan fingerprint density at radius 2 is 2.08 bits per heavy atom. The van der Waals surface area contributed by atoms with E-state index >= 15 is 0 Å². The van der Waals surface area contributed by atoms with Crippen LogP contribution < -0.4 is 0 Å². The molecule has 0 amide bonds. The number of hydrogen-bond donors (Lipinski definition) is 2. The molecule has 2 N–H and O–H groups in total. The van der Waals surface area contributed by atoms with E-state index in [-0.39, 0.29) is 0 Å². The van der Waals surface area contributed by atoms with Gasteiger partial charge in [0.15, 0.2) is 0 Å². The molecule has 0 fully saturated rings. The van der Waals surface area contributed by atoms with Crippen LogP contribution in [0.15, 0.2) is 36.0 Å². The van der Waals surface area contributed by atoms with Gasteiger partial charge in [0.1, 0.15) is 0 Å². The minimum atomic E-state index is -2.27. The molecule has 13 heavy (non-hydrogen) atoms. The van der Waals surface area contributed by atoms with Crippen LogP contribution in [-0.2, 0) is 4.79 Å². The fourth-order valence-electron chi connectivity index (χ4n) is 1.05. The summed E-state index contributed by atoms with van der Waals surface area (Å²) < 4.78 is 0. The molecule has 1 rings (SSSR count). The molecule has 0 bridgehead atoms. The highest BCUT2D eigenvalue weighted by Gasteiger charge is 2.28. The van der Waals surface area contributed by atoms with Crippen molar-refractivity contribution in [2.45, 2.75) is 19.1 Å². The molecule has 0 aromatic carbocycles. The maximum atomic E-state index is 11.3. The highest BCUT2D eigenvalue weighted by molar-refractivity contribution is 6.00. The van der Waals surface area contributed by atoms with Crippen molar-refractivity contribution in [2.24, 2.45) is 0 Å². The molecule has 0 aromatic rings. The van der Waals surface area contributed by atoms with Crippen LogP contribution in [0.25, 0.3) is 0 Å². The van der Waals surface area contributed by atoms with Crippen LogP contribution in [0.2, 0.25) is 0 Å². The van der Waals surface area contributed by atoms with E-state index in [4.69, 9.17) is 10.2 Å². The average molecular weight is 180 g/mol. The zero-order valence-electron chi connectivity index (χ0n) is 7.40. The van der Waals surface area contributed by atoms with Gasteiger partial charge in [0, 0.05) is 5.57 Å². The van der Waals surface area contributed by atoms with Crippen LogP contribution in [0.4, 0.5) is 0 Å². The number of allylic oxidation sites excluding steroid dienone is 5. The maximum Gasteiger partial charge on any atom is 0.225 e. The van der Waals surface area contributed by atoms with Gasteiger partial charge in [-0.05, 0) is 13.3 Å². The number of Topliss-reactive ketones (excluding diaryl/α,β-unsaturated/α-hetero) is 1. The molecule has 0 aromatic heterocycles. The van der Waals surface area contributed by atoms with E-state index in [0.717, 1.165) is 6.92 Å². The predicted molar refractivity (Wildman–Crippen MR) is 48.8 cm³/mol. The Kier molecular flexibility index (Phi) is 2.80. The van der Waals surface area contributed by atoms with Crippen LogP contribution in [0, 0.1) is 0 Å². The second-order valence-corrected chi connectivity index (χ2v) is 3.06. The van der Waals surface area contributed by atoms with Gasteiger partial charge in [-0.1, -0.05) is 30.4 Å². The minimum absolute atomic E-state index is 0.400. The SMILES string of the molecule is CC(O)(O)C(=O)C1=CC=CC=CC1. The fraction of sp³-hybridized carbons (Fsp3) is 0.300. The Hall–Kier alpha value is -1.19. The van der Waals surface area contributed by atoms with E-state index in [1.807, 2.05) is 6.08 Å². The van der Waals surface area contributed by atoms with E-state index in [1.165, 1.54) is 0 Å². The molecule has 0 atom stereocenters. The molecule has 1 aliphatic rings. The van der Waals surface area contributed by atoms with Crippen molar-refractivity contribution in [3.05, 3.63) is 36.0 Å². The lowest BCUT2D eigenvalue weighted by molar-refractivity contribution is -0.171. The molecule has 0 unspecified atom stereocenters. The summed E-state index contributed by atoms with van der Waals surface area (Å²) >= 11 is 0. The van der Waals surface area contributed by atoms with E-state index in [1.54, 1.807) is 24.3 Å². The van der Waals surface area contributed by atoms with Gasteiger partial charge in [-0.25, -0.2) is 0 Å². The zero-order chi connectivity index (χ0) is 9.90. The van der Waals surface area contributed by atoms with Crippen LogP contribution in [0.5, 0.6) is 0 Å². The van der Waals surface area contributed by atoms with Crippen LogP contribution in [0.3, 0.4) is 0 Å². The second-order valence-electron chi connectivity index (χ2n) is 3.06. The topological polar surface area (TPSA) is 57.5 Å². The normalized spacial score (nSPS) is 16.7. The molecular weight excluding hydrogens is 168 g/mol. The first-order valence-electron chi connectivity index (χ1n) is 4.04. The van der Waals surface area contributed by atoms with Crippen molar-refractivity contribution < 1.29 is 15.0 Å². The molecule has 70 valence electrons. The van der Waals surface area contributed by atoms with Crippen molar-refractivity contribution >= 4 is 5.78 Å². The Morgan fingerprint density at radius 1 is 1.38 bits per heavy atom. The maximum absolute atomic E-state index is 11.3. The Labute approximate surface area is 76.7 Å². The molecule has 1 aliphatic carbocycles. The van der Waals surface area contributed by atoms with Crippen molar-refractivity contribution in [3.63, 3.8) is 0 Å². The van der Waals surface area contributed by atoms with Crippen LogP contribution in [-0.4, -0.2) is 21.8 Å². The zero-order valence-corrected chi connectivity index (χ0v) is 7.40. The Morgan fingerprint density at radius 3 is 2.69 bits per heavy atom. The lowest BCUT2D eigenvalue weighted by atomic mass is 10.0. The first kappa shape index (κ1) is 9.89. The van der Waals surface area contributed by atoms with Gasteiger partial charge in [0.2, 0.25) is 11.6 Å². The predicted octanol–water partition coefficient (Wildman–Crippen LogP) is 0.699. The third kappa shape index (κ3) is 2.65. The highest BCUT2D eigenvalue weighted by atomic mass is 16.5. The van der Waals surface area contributed by atoms with E-state index in [9.17, 15) is 4.79 Å². The Bertz CT molecular complexity index is 290. The molecular formula is C10H12O3. The summed E-state index contributed by atoms with van der Waals surface area (Å²) in [5, 5.41) is 18.1. The summed E-state index contributed by atoms with van der Waals surface area (Å²) in [7, 11) is 0. The lowest BCUT2D eigenvalue weighted by Gasteiger charge is -2.15. The summed E-state index contributed by atoms with van der Waals surface area (Å²) in [4.78, 5) is 11.3. The molecule has 3 heteroatoms. The number of carbonyl (C=O) groups excluding carboxylic acids is 1. The molecule has 0 saturated heterocycles. The van der Waals surface area contributed by atoms with Gasteiger partial charge >= 0.3 is 0 Å². The summed E-state index contributed by atoms with van der Waals surface area (Å²) in [6.07, 6.45) is 9.10. The summed E-state index contributed by atoms with van der Waals surface area (Å²) in [5.41, 5.74) is 0.400. The third-order valence-corrected chi connectivity index (χ3v) is 1.72. The van der Waals surface area contributed by atoms with Gasteiger partial charge < -0.3 is 10.2 Å². The van der Waals surface area contributed by atoms with Gasteiger partial charge in [0.25, 0.3) is 0 Å². The number of hydrogen-bond acceptors (Lipinski definition) is 3. The summed E-state index contributed by atoms with van der Waals surface area (Å²) in [6, 6.07) is 0. The smallest absolute Gasteiger partial charge is 0.225 e. The monoisotopic (exact) mass is 180 g/mol. The minimum Gasteiger partial charge on any atom is -0.360 e. The van der Waals surface area contributed by atoms with E-state index in [2.05, 4.69) is 0 Å². The van der Waals surface area contributed by atoms with Crippen LogP contribution in [0.1, 0.15) is 13.3 Å². The first-order valence-corrected chi connectivity index (χ1v) is 4.04. The molecule has 0 heterocycles. The summed E-state index contributed by atoms with van der Waals surface area (Å²) in [5.74, 6) is -2.92. The highest BCUT2D eigenvalue weighted by Crippen LogP contribution is 2.14. The summed E-state index contributed by atoms with van der Waals surface area (Å²) in [6.45, 7) is 1.06. The first-order chi connectivity index (χ1) is 6.02. The number of rotatable bonds is 2. The van der Waals surface area contributed by atoms with Gasteiger partial charge in [-0.3, -0.25) is 4.79 Å². The van der Waals surface area contributed by atoms with E-state index in [0.29, 0.717) is 12.0 Å². The van der Waals surface area contributed by atoms with Gasteiger partial charge in [-0.15, -0.1) is 0 Å². The number of aliphatic hydroxyl groups is 2. The van der Waals surface area contributed by atoms with Crippen molar-refractivity contribution in [3.8, 4) is 0 Å². The standard InChI is InChI=1S/C10H12O3/c1-10(12,13)9(11)8-6-4-2-3-5-7-8/h2-6,12-13H,7H2,1H3. The quantitative estimate of drug-likeness (QED) is 0.615. The number of carbonyl (C=O) groups is 1. The molecule has 0 radical (unpaired) electrons. The Balaban J connectivity index is 2.84. The van der Waals surface area contributed by atoms with Crippen molar-refractivity contribution in [1.82, 2.24) is 0 Å². The van der Waals surface area contributed by atoms with Crippen LogP contribution >= 0.6 is 0 Å². The largest absolute Gasteiger partial charge is 0.360 e. The van der Waals surface area contributed by atoms with Crippen molar-refractivity contribution in [2.75, 3.05) is 0 Å². The second kappa shape index (κ2) is 3.68.